The van der Waals surface area contributed by atoms with Crippen molar-refractivity contribution in [2.45, 2.75) is 0 Å². The van der Waals surface area contributed by atoms with Crippen molar-refractivity contribution in [2.24, 2.45) is 0 Å². The molecule has 4 rings (SSSR count). The minimum atomic E-state index is -0.420. The van der Waals surface area contributed by atoms with Crippen LogP contribution in [0, 0.1) is 5.82 Å². The number of anilines is 3. The molecule has 1 amide bonds. The number of aromatic nitrogens is 2. The number of benzene rings is 2. The van der Waals surface area contributed by atoms with E-state index in [1.165, 1.54) is 18.2 Å². The van der Waals surface area contributed by atoms with E-state index in [4.69, 9.17) is 16.3 Å². The molecule has 25 heavy (non-hydrogen) atoms. The van der Waals surface area contributed by atoms with E-state index in [9.17, 15) is 9.18 Å². The second-order valence-electron chi connectivity index (χ2n) is 5.50. The fourth-order valence-corrected chi connectivity index (χ4v) is 3.02. The number of carbonyl (C=O) groups excluding carboxylic acids is 1. The second kappa shape index (κ2) is 5.86. The van der Waals surface area contributed by atoms with Crippen LogP contribution in [0.3, 0.4) is 0 Å². The molecule has 0 atom stereocenters. The maximum atomic E-state index is 13.8. The third-order valence-corrected chi connectivity index (χ3v) is 4.11. The highest BCUT2D eigenvalue weighted by Crippen LogP contribution is 2.39. The SMILES string of the molecule is COc1ccc2c(c1)NC(=O)CN2c1nc(Cl)nc2ccc(F)cc12. The fourth-order valence-electron chi connectivity index (χ4n) is 2.85. The third kappa shape index (κ3) is 2.72. The zero-order valence-corrected chi connectivity index (χ0v) is 13.8. The van der Waals surface area contributed by atoms with Gasteiger partial charge in [0.1, 0.15) is 23.9 Å². The van der Waals surface area contributed by atoms with Crippen LogP contribution >= 0.6 is 11.6 Å². The van der Waals surface area contributed by atoms with Crippen molar-refractivity contribution in [3.63, 3.8) is 0 Å². The van der Waals surface area contributed by atoms with Gasteiger partial charge < -0.3 is 15.0 Å². The zero-order valence-electron chi connectivity index (χ0n) is 13.1. The van der Waals surface area contributed by atoms with Crippen LogP contribution in [0.1, 0.15) is 0 Å². The third-order valence-electron chi connectivity index (χ3n) is 3.94. The zero-order chi connectivity index (χ0) is 17.6. The predicted octanol–water partition coefficient (Wildman–Crippen LogP) is 3.52. The van der Waals surface area contributed by atoms with E-state index in [0.717, 1.165) is 0 Å². The molecule has 8 heteroatoms. The summed E-state index contributed by atoms with van der Waals surface area (Å²) in [6.07, 6.45) is 0. The van der Waals surface area contributed by atoms with E-state index in [1.807, 2.05) is 0 Å². The lowest BCUT2D eigenvalue weighted by Gasteiger charge is -2.31. The topological polar surface area (TPSA) is 67.3 Å². The minimum absolute atomic E-state index is 0.0233. The molecule has 126 valence electrons. The summed E-state index contributed by atoms with van der Waals surface area (Å²) in [6, 6.07) is 9.45. The number of amides is 1. The number of fused-ring (bicyclic) bond motifs is 2. The van der Waals surface area contributed by atoms with E-state index in [1.54, 1.807) is 30.2 Å². The maximum absolute atomic E-state index is 13.8. The summed E-state index contributed by atoms with van der Waals surface area (Å²) >= 11 is 6.03. The lowest BCUT2D eigenvalue weighted by atomic mass is 10.1. The van der Waals surface area contributed by atoms with Gasteiger partial charge in [-0.05, 0) is 41.9 Å². The molecule has 1 aromatic heterocycles. The van der Waals surface area contributed by atoms with E-state index in [0.29, 0.717) is 33.8 Å². The molecular formula is C17H12ClFN4O2. The summed E-state index contributed by atoms with van der Waals surface area (Å²) in [4.78, 5) is 22.2. The molecule has 0 unspecified atom stereocenters. The molecule has 6 nitrogen and oxygen atoms in total. The highest BCUT2D eigenvalue weighted by Gasteiger charge is 2.26. The molecule has 0 fully saturated rings. The number of hydrogen-bond acceptors (Lipinski definition) is 5. The van der Waals surface area contributed by atoms with Crippen LogP contribution in [-0.2, 0) is 4.79 Å². The van der Waals surface area contributed by atoms with Gasteiger partial charge in [-0.2, -0.15) is 4.98 Å². The molecule has 1 aliphatic rings. The molecule has 1 N–H and O–H groups in total. The van der Waals surface area contributed by atoms with E-state index >= 15 is 0 Å². The van der Waals surface area contributed by atoms with Gasteiger partial charge in [-0.15, -0.1) is 0 Å². The van der Waals surface area contributed by atoms with Crippen molar-refractivity contribution < 1.29 is 13.9 Å². The van der Waals surface area contributed by atoms with Gasteiger partial charge in [-0.1, -0.05) is 0 Å². The quantitative estimate of drug-likeness (QED) is 0.710. The molecule has 0 bridgehead atoms. The number of ether oxygens (including phenoxy) is 1. The molecule has 3 aromatic rings. The van der Waals surface area contributed by atoms with Crippen molar-refractivity contribution in [1.29, 1.82) is 0 Å². The van der Waals surface area contributed by atoms with Gasteiger partial charge in [0, 0.05) is 11.5 Å². The van der Waals surface area contributed by atoms with Crippen LogP contribution in [0.2, 0.25) is 5.28 Å². The first-order valence-corrected chi connectivity index (χ1v) is 7.81. The molecule has 0 radical (unpaired) electrons. The maximum Gasteiger partial charge on any atom is 0.244 e. The Morgan fingerprint density at radius 3 is 2.88 bits per heavy atom. The number of nitrogens with zero attached hydrogens (tertiary/aromatic N) is 3. The Hall–Kier alpha value is -2.93. The van der Waals surface area contributed by atoms with Gasteiger partial charge in [0.2, 0.25) is 11.2 Å². The first-order chi connectivity index (χ1) is 12.0. The lowest BCUT2D eigenvalue weighted by Crippen LogP contribution is -2.35. The normalized spacial score (nSPS) is 13.6. The summed E-state index contributed by atoms with van der Waals surface area (Å²) in [7, 11) is 1.55. The second-order valence-corrected chi connectivity index (χ2v) is 5.83. The van der Waals surface area contributed by atoms with Crippen molar-refractivity contribution >= 4 is 45.6 Å². The Morgan fingerprint density at radius 2 is 2.08 bits per heavy atom. The highest BCUT2D eigenvalue weighted by molar-refractivity contribution is 6.29. The van der Waals surface area contributed by atoms with Crippen molar-refractivity contribution in [2.75, 3.05) is 23.9 Å². The molecular weight excluding hydrogens is 347 g/mol. The van der Waals surface area contributed by atoms with Gasteiger partial charge in [0.05, 0.1) is 24.0 Å². The van der Waals surface area contributed by atoms with Gasteiger partial charge in [0.25, 0.3) is 0 Å². The smallest absolute Gasteiger partial charge is 0.244 e. The van der Waals surface area contributed by atoms with E-state index in [2.05, 4.69) is 15.3 Å². The molecule has 1 aliphatic heterocycles. The number of carbonyl (C=O) groups is 1. The van der Waals surface area contributed by atoms with Gasteiger partial charge in [-0.3, -0.25) is 4.79 Å². The summed E-state index contributed by atoms with van der Waals surface area (Å²) in [6.45, 7) is 0.0261. The van der Waals surface area contributed by atoms with Crippen LogP contribution in [0.25, 0.3) is 10.9 Å². The monoisotopic (exact) mass is 358 g/mol. The molecule has 0 saturated carbocycles. The Bertz CT molecular complexity index is 1010. The van der Waals surface area contributed by atoms with E-state index < -0.39 is 5.82 Å². The lowest BCUT2D eigenvalue weighted by molar-refractivity contribution is -0.115. The highest BCUT2D eigenvalue weighted by atomic mass is 35.5. The number of halogens is 2. The number of hydrogen-bond donors (Lipinski definition) is 1. The fraction of sp³-hybridized carbons (Fsp3) is 0.118. The molecule has 0 aliphatic carbocycles. The van der Waals surface area contributed by atoms with Gasteiger partial charge >= 0.3 is 0 Å². The Balaban J connectivity index is 1.95. The average molecular weight is 359 g/mol. The van der Waals surface area contributed by atoms with Crippen molar-refractivity contribution in [3.05, 3.63) is 47.5 Å². The average Bonchev–Trinajstić information content (AvgIpc) is 2.60. The summed E-state index contributed by atoms with van der Waals surface area (Å²) in [5.74, 6) is 0.337. The summed E-state index contributed by atoms with van der Waals surface area (Å²) in [5, 5.41) is 3.29. The van der Waals surface area contributed by atoms with Crippen LogP contribution in [0.4, 0.5) is 21.6 Å². The molecule has 2 aromatic carbocycles. The van der Waals surface area contributed by atoms with Crippen molar-refractivity contribution in [3.8, 4) is 5.75 Å². The largest absolute Gasteiger partial charge is 0.497 e. The first-order valence-electron chi connectivity index (χ1n) is 7.43. The summed E-state index contributed by atoms with van der Waals surface area (Å²) < 4.78 is 18.9. The summed E-state index contributed by atoms with van der Waals surface area (Å²) in [5.41, 5.74) is 1.79. The Labute approximate surface area is 147 Å². The number of rotatable bonds is 2. The first kappa shape index (κ1) is 15.6. The molecule has 2 heterocycles. The standard InChI is InChI=1S/C17H12ClFN4O2/c1-25-10-3-5-14-13(7-10)20-15(24)8-23(14)16-11-6-9(19)2-4-12(11)21-17(18)22-16/h2-7H,8H2,1H3,(H,20,24). The molecule has 0 saturated heterocycles. The van der Waals surface area contributed by atoms with Crippen LogP contribution in [0.5, 0.6) is 5.75 Å². The van der Waals surface area contributed by atoms with Crippen molar-refractivity contribution in [1.82, 2.24) is 9.97 Å². The Morgan fingerprint density at radius 1 is 1.24 bits per heavy atom. The van der Waals surface area contributed by atoms with Crippen LogP contribution in [-0.4, -0.2) is 29.5 Å². The molecule has 0 spiro atoms. The number of nitrogens with one attached hydrogen (secondary N) is 1. The van der Waals surface area contributed by atoms with Gasteiger partial charge in [-0.25, -0.2) is 9.37 Å². The van der Waals surface area contributed by atoms with Crippen LogP contribution < -0.4 is 15.0 Å². The number of methoxy groups -OCH3 is 1. The van der Waals surface area contributed by atoms with E-state index in [-0.39, 0.29) is 17.7 Å². The minimum Gasteiger partial charge on any atom is -0.497 e. The van der Waals surface area contributed by atoms with Gasteiger partial charge in [0.15, 0.2) is 0 Å². The predicted molar refractivity (Wildman–Crippen MR) is 93.1 cm³/mol. The Kier molecular flexibility index (Phi) is 3.65. The van der Waals surface area contributed by atoms with Crippen LogP contribution in [0.15, 0.2) is 36.4 Å².